The van der Waals surface area contributed by atoms with Crippen molar-refractivity contribution < 1.29 is 4.79 Å². The maximum absolute atomic E-state index is 11.6. The Kier molecular flexibility index (Phi) is 6.26. The van der Waals surface area contributed by atoms with Crippen LogP contribution in [0.3, 0.4) is 0 Å². The molecular formula is C15H24N2O. The van der Waals surface area contributed by atoms with Gasteiger partial charge in [-0.2, -0.15) is 0 Å². The van der Waals surface area contributed by atoms with Crippen molar-refractivity contribution in [3.63, 3.8) is 0 Å². The number of anilines is 1. The van der Waals surface area contributed by atoms with Crippen LogP contribution >= 0.6 is 0 Å². The van der Waals surface area contributed by atoms with E-state index in [9.17, 15) is 4.79 Å². The first-order chi connectivity index (χ1) is 8.61. The van der Waals surface area contributed by atoms with Crippen molar-refractivity contribution in [1.29, 1.82) is 0 Å². The maximum Gasteiger partial charge on any atom is 0.220 e. The van der Waals surface area contributed by atoms with Gasteiger partial charge in [-0.1, -0.05) is 38.8 Å². The largest absolute Gasteiger partial charge is 0.399 e. The molecule has 0 radical (unpaired) electrons. The minimum Gasteiger partial charge on any atom is -0.399 e. The highest BCUT2D eigenvalue weighted by molar-refractivity contribution is 5.76. The number of carbonyl (C=O) groups is 1. The highest BCUT2D eigenvalue weighted by Crippen LogP contribution is 2.09. The minimum absolute atomic E-state index is 0.159. The topological polar surface area (TPSA) is 55.1 Å². The van der Waals surface area contributed by atoms with Crippen molar-refractivity contribution >= 4 is 11.6 Å². The van der Waals surface area contributed by atoms with Gasteiger partial charge in [0, 0.05) is 18.7 Å². The van der Waals surface area contributed by atoms with Crippen LogP contribution < -0.4 is 11.1 Å². The first-order valence-electron chi connectivity index (χ1n) is 6.73. The molecule has 0 aliphatic heterocycles. The molecule has 0 saturated carbocycles. The Morgan fingerprint density at radius 3 is 2.61 bits per heavy atom. The van der Waals surface area contributed by atoms with E-state index in [1.165, 1.54) is 5.56 Å². The summed E-state index contributed by atoms with van der Waals surface area (Å²) in [5.74, 6) is 0.637. The number of amides is 1. The van der Waals surface area contributed by atoms with E-state index in [1.807, 2.05) is 24.3 Å². The zero-order valence-electron chi connectivity index (χ0n) is 11.4. The van der Waals surface area contributed by atoms with Crippen molar-refractivity contribution in [3.05, 3.63) is 29.8 Å². The molecule has 0 aliphatic carbocycles. The smallest absolute Gasteiger partial charge is 0.220 e. The van der Waals surface area contributed by atoms with Gasteiger partial charge in [-0.15, -0.1) is 0 Å². The molecule has 0 bridgehead atoms. The summed E-state index contributed by atoms with van der Waals surface area (Å²) < 4.78 is 0. The average molecular weight is 248 g/mol. The van der Waals surface area contributed by atoms with Gasteiger partial charge >= 0.3 is 0 Å². The third kappa shape index (κ3) is 5.71. The number of rotatable bonds is 7. The number of benzene rings is 1. The molecule has 1 aromatic carbocycles. The average Bonchev–Trinajstić information content (AvgIpc) is 2.32. The van der Waals surface area contributed by atoms with Crippen molar-refractivity contribution in [2.24, 2.45) is 5.92 Å². The fourth-order valence-electron chi connectivity index (χ4n) is 2.01. The second-order valence-corrected chi connectivity index (χ2v) is 4.94. The Labute approximate surface area is 110 Å². The zero-order valence-corrected chi connectivity index (χ0v) is 11.4. The van der Waals surface area contributed by atoms with Crippen LogP contribution in [-0.2, 0) is 11.2 Å². The predicted octanol–water partition coefficient (Wildman–Crippen LogP) is 2.75. The van der Waals surface area contributed by atoms with Crippen LogP contribution in [0, 0.1) is 5.92 Å². The van der Waals surface area contributed by atoms with E-state index in [-0.39, 0.29) is 5.91 Å². The Balaban J connectivity index is 2.21. The molecule has 3 N–H and O–H groups in total. The number of carbonyl (C=O) groups excluding carboxylic acids is 1. The van der Waals surface area contributed by atoms with E-state index in [4.69, 9.17) is 5.73 Å². The monoisotopic (exact) mass is 248 g/mol. The van der Waals surface area contributed by atoms with Gasteiger partial charge in [0.05, 0.1) is 0 Å². The van der Waals surface area contributed by atoms with Gasteiger partial charge in [-0.05, 0) is 30.0 Å². The summed E-state index contributed by atoms with van der Waals surface area (Å²) in [6.45, 7) is 4.97. The second-order valence-electron chi connectivity index (χ2n) is 4.94. The van der Waals surface area contributed by atoms with Gasteiger partial charge in [0.25, 0.3) is 0 Å². The SMILES string of the molecule is CCCC(C)CC(=O)NCCc1ccc(N)cc1. The number of hydrogen-bond acceptors (Lipinski definition) is 2. The third-order valence-electron chi connectivity index (χ3n) is 3.03. The number of hydrogen-bond donors (Lipinski definition) is 2. The van der Waals surface area contributed by atoms with Crippen molar-refractivity contribution in [1.82, 2.24) is 5.32 Å². The minimum atomic E-state index is 0.159. The Bertz CT molecular complexity index is 359. The zero-order chi connectivity index (χ0) is 13.4. The first-order valence-corrected chi connectivity index (χ1v) is 6.73. The van der Waals surface area contributed by atoms with E-state index >= 15 is 0 Å². The van der Waals surface area contributed by atoms with E-state index in [1.54, 1.807) is 0 Å². The lowest BCUT2D eigenvalue weighted by molar-refractivity contribution is -0.121. The third-order valence-corrected chi connectivity index (χ3v) is 3.03. The second kappa shape index (κ2) is 7.75. The van der Waals surface area contributed by atoms with Gasteiger partial charge in [0.15, 0.2) is 0 Å². The lowest BCUT2D eigenvalue weighted by Crippen LogP contribution is -2.27. The Morgan fingerprint density at radius 1 is 1.33 bits per heavy atom. The van der Waals surface area contributed by atoms with Gasteiger partial charge in [-0.25, -0.2) is 0 Å². The summed E-state index contributed by atoms with van der Waals surface area (Å²) in [6.07, 6.45) is 3.75. The molecule has 0 heterocycles. The van der Waals surface area contributed by atoms with E-state index in [2.05, 4.69) is 19.2 Å². The van der Waals surface area contributed by atoms with Crippen LogP contribution in [0.1, 0.15) is 38.7 Å². The molecule has 0 fully saturated rings. The van der Waals surface area contributed by atoms with Crippen molar-refractivity contribution in [3.8, 4) is 0 Å². The quantitative estimate of drug-likeness (QED) is 0.729. The molecule has 1 aromatic rings. The molecule has 100 valence electrons. The highest BCUT2D eigenvalue weighted by atomic mass is 16.1. The molecule has 0 aliphatic rings. The molecule has 1 amide bonds. The van der Waals surface area contributed by atoms with Crippen LogP contribution in [0.4, 0.5) is 5.69 Å². The number of nitrogens with two attached hydrogens (primary N) is 1. The molecule has 1 atom stereocenters. The molecule has 0 aromatic heterocycles. The summed E-state index contributed by atoms with van der Waals surface area (Å²) in [7, 11) is 0. The van der Waals surface area contributed by atoms with Crippen molar-refractivity contribution in [2.75, 3.05) is 12.3 Å². The summed E-state index contributed by atoms with van der Waals surface area (Å²) >= 11 is 0. The lowest BCUT2D eigenvalue weighted by atomic mass is 10.0. The molecule has 0 saturated heterocycles. The summed E-state index contributed by atoms with van der Waals surface area (Å²) in [5, 5.41) is 2.96. The van der Waals surface area contributed by atoms with Crippen molar-refractivity contribution in [2.45, 2.75) is 39.5 Å². The predicted molar refractivity (Wildman–Crippen MR) is 76.3 cm³/mol. The standard InChI is InChI=1S/C15H24N2O/c1-3-4-12(2)11-15(18)17-10-9-13-5-7-14(16)8-6-13/h5-8,12H,3-4,9-11,16H2,1-2H3,(H,17,18). The molecule has 1 rings (SSSR count). The molecule has 3 heteroatoms. The van der Waals surface area contributed by atoms with Crippen LogP contribution in [0.25, 0.3) is 0 Å². The van der Waals surface area contributed by atoms with Crippen LogP contribution in [0.2, 0.25) is 0 Å². The summed E-state index contributed by atoms with van der Waals surface area (Å²) in [5.41, 5.74) is 7.59. The van der Waals surface area contributed by atoms with Gasteiger partial charge < -0.3 is 11.1 Å². The Hall–Kier alpha value is -1.51. The number of nitrogens with one attached hydrogen (secondary N) is 1. The van der Waals surface area contributed by atoms with Gasteiger partial charge in [-0.3, -0.25) is 4.79 Å². The van der Waals surface area contributed by atoms with E-state index in [0.29, 0.717) is 18.9 Å². The molecule has 3 nitrogen and oxygen atoms in total. The van der Waals surface area contributed by atoms with Crippen LogP contribution in [0.15, 0.2) is 24.3 Å². The molecular weight excluding hydrogens is 224 g/mol. The summed E-state index contributed by atoms with van der Waals surface area (Å²) in [6, 6.07) is 7.78. The first kappa shape index (κ1) is 14.6. The molecule has 1 unspecified atom stereocenters. The van der Waals surface area contributed by atoms with Gasteiger partial charge in [0.1, 0.15) is 0 Å². The fraction of sp³-hybridized carbons (Fsp3) is 0.533. The Morgan fingerprint density at radius 2 is 2.00 bits per heavy atom. The molecule has 0 spiro atoms. The molecule has 18 heavy (non-hydrogen) atoms. The summed E-state index contributed by atoms with van der Waals surface area (Å²) in [4.78, 5) is 11.6. The van der Waals surface area contributed by atoms with E-state index in [0.717, 1.165) is 24.9 Å². The van der Waals surface area contributed by atoms with Gasteiger partial charge in [0.2, 0.25) is 5.91 Å². The maximum atomic E-state index is 11.6. The van der Waals surface area contributed by atoms with Crippen LogP contribution in [-0.4, -0.2) is 12.5 Å². The number of nitrogen functional groups attached to an aromatic ring is 1. The van der Waals surface area contributed by atoms with E-state index < -0.39 is 0 Å². The fourth-order valence-corrected chi connectivity index (χ4v) is 2.01. The normalized spacial score (nSPS) is 12.1. The van der Waals surface area contributed by atoms with Crippen LogP contribution in [0.5, 0.6) is 0 Å². The lowest BCUT2D eigenvalue weighted by Gasteiger charge is -2.10. The highest BCUT2D eigenvalue weighted by Gasteiger charge is 2.07.